The number of benzene rings is 1. The average molecular weight is 288 g/mol. The first-order valence-corrected chi connectivity index (χ1v) is 7.87. The van der Waals surface area contributed by atoms with Crippen molar-refractivity contribution in [2.45, 2.75) is 31.8 Å². The zero-order valence-electron chi connectivity index (χ0n) is 12.5. The van der Waals surface area contributed by atoms with Gasteiger partial charge < -0.3 is 15.4 Å². The molecule has 1 saturated heterocycles. The van der Waals surface area contributed by atoms with Crippen molar-refractivity contribution in [1.82, 2.24) is 4.90 Å². The molecule has 2 aliphatic rings. The minimum atomic E-state index is -0.000818. The molecule has 0 spiro atoms. The molecule has 1 atom stereocenters. The molecule has 1 amide bonds. The van der Waals surface area contributed by atoms with Gasteiger partial charge in [0.05, 0.1) is 13.2 Å². The standard InChI is InChI=1S/C17H24N2O2/c18-13-17(7-4-8-17)11-16(20)19-9-10-21-15(12-19)14-5-2-1-3-6-14/h1-3,5-6,15H,4,7-13,18H2. The summed E-state index contributed by atoms with van der Waals surface area (Å²) in [6, 6.07) is 10.1. The highest BCUT2D eigenvalue weighted by atomic mass is 16.5. The van der Waals surface area contributed by atoms with E-state index in [9.17, 15) is 4.79 Å². The second-order valence-corrected chi connectivity index (χ2v) is 6.34. The SMILES string of the molecule is NCC1(CC(=O)N2CCOC(c3ccccc3)C2)CCC1. The smallest absolute Gasteiger partial charge is 0.223 e. The molecule has 1 aromatic rings. The van der Waals surface area contributed by atoms with E-state index in [0.717, 1.165) is 18.4 Å². The molecule has 2 fully saturated rings. The highest BCUT2D eigenvalue weighted by Gasteiger charge is 2.39. The maximum atomic E-state index is 12.6. The van der Waals surface area contributed by atoms with Crippen molar-refractivity contribution in [1.29, 1.82) is 0 Å². The lowest BCUT2D eigenvalue weighted by molar-refractivity contribution is -0.142. The number of hydrogen-bond acceptors (Lipinski definition) is 3. The third kappa shape index (κ3) is 3.11. The third-order valence-electron chi connectivity index (χ3n) is 4.96. The van der Waals surface area contributed by atoms with E-state index < -0.39 is 0 Å². The molecular weight excluding hydrogens is 264 g/mol. The van der Waals surface area contributed by atoms with Gasteiger partial charge in [0, 0.05) is 13.0 Å². The lowest BCUT2D eigenvalue weighted by Crippen LogP contribution is -2.47. The summed E-state index contributed by atoms with van der Waals surface area (Å²) in [6.45, 7) is 2.60. The van der Waals surface area contributed by atoms with E-state index in [2.05, 4.69) is 12.1 Å². The Morgan fingerprint density at radius 2 is 2.10 bits per heavy atom. The Labute approximate surface area is 126 Å². The van der Waals surface area contributed by atoms with Crippen molar-refractivity contribution in [2.75, 3.05) is 26.2 Å². The van der Waals surface area contributed by atoms with Crippen LogP contribution >= 0.6 is 0 Å². The van der Waals surface area contributed by atoms with Crippen LogP contribution in [0.4, 0.5) is 0 Å². The van der Waals surface area contributed by atoms with Crippen LogP contribution in [0, 0.1) is 5.41 Å². The Morgan fingerprint density at radius 3 is 2.71 bits per heavy atom. The average Bonchev–Trinajstić information content (AvgIpc) is 2.52. The molecular formula is C17H24N2O2. The second-order valence-electron chi connectivity index (χ2n) is 6.34. The first kappa shape index (κ1) is 14.5. The van der Waals surface area contributed by atoms with Crippen LogP contribution in [0.2, 0.25) is 0 Å². The number of carbonyl (C=O) groups excluding carboxylic acids is 1. The van der Waals surface area contributed by atoms with Gasteiger partial charge in [0.2, 0.25) is 5.91 Å². The van der Waals surface area contributed by atoms with Crippen LogP contribution in [0.5, 0.6) is 0 Å². The van der Waals surface area contributed by atoms with Gasteiger partial charge >= 0.3 is 0 Å². The van der Waals surface area contributed by atoms with Gasteiger partial charge in [0.15, 0.2) is 0 Å². The number of carbonyl (C=O) groups is 1. The predicted octanol–water partition coefficient (Wildman–Crippen LogP) is 2.11. The van der Waals surface area contributed by atoms with Crippen molar-refractivity contribution < 1.29 is 9.53 Å². The molecule has 4 nitrogen and oxygen atoms in total. The fraction of sp³-hybridized carbons (Fsp3) is 0.588. The van der Waals surface area contributed by atoms with E-state index in [1.165, 1.54) is 6.42 Å². The van der Waals surface area contributed by atoms with E-state index in [1.807, 2.05) is 23.1 Å². The molecule has 1 unspecified atom stereocenters. The summed E-state index contributed by atoms with van der Waals surface area (Å²) in [6.07, 6.45) is 4.01. The molecule has 0 aromatic heterocycles. The Bertz CT molecular complexity index is 479. The zero-order chi connectivity index (χ0) is 14.7. The second kappa shape index (κ2) is 6.16. The first-order valence-electron chi connectivity index (χ1n) is 7.87. The molecule has 21 heavy (non-hydrogen) atoms. The number of nitrogens with zero attached hydrogens (tertiary/aromatic N) is 1. The highest BCUT2D eigenvalue weighted by molar-refractivity contribution is 5.77. The quantitative estimate of drug-likeness (QED) is 0.923. The Hall–Kier alpha value is -1.39. The number of rotatable bonds is 4. The molecule has 1 heterocycles. The van der Waals surface area contributed by atoms with Crippen molar-refractivity contribution >= 4 is 5.91 Å². The highest BCUT2D eigenvalue weighted by Crippen LogP contribution is 2.43. The fourth-order valence-corrected chi connectivity index (χ4v) is 3.31. The van der Waals surface area contributed by atoms with Gasteiger partial charge in [-0.3, -0.25) is 4.79 Å². The Morgan fingerprint density at radius 1 is 1.33 bits per heavy atom. The molecule has 1 aliphatic heterocycles. The van der Waals surface area contributed by atoms with Gasteiger partial charge in [-0.25, -0.2) is 0 Å². The molecule has 114 valence electrons. The van der Waals surface area contributed by atoms with Gasteiger partial charge in [-0.2, -0.15) is 0 Å². The summed E-state index contributed by atoms with van der Waals surface area (Å²) in [5.74, 6) is 0.240. The molecule has 1 saturated carbocycles. The summed E-state index contributed by atoms with van der Waals surface area (Å²) < 4.78 is 5.82. The molecule has 3 rings (SSSR count). The van der Waals surface area contributed by atoms with Gasteiger partial charge in [-0.1, -0.05) is 36.8 Å². The van der Waals surface area contributed by atoms with Crippen LogP contribution in [0.15, 0.2) is 30.3 Å². The molecule has 4 heteroatoms. The summed E-state index contributed by atoms with van der Waals surface area (Å²) in [5.41, 5.74) is 7.10. The summed E-state index contributed by atoms with van der Waals surface area (Å²) in [4.78, 5) is 14.5. The lowest BCUT2D eigenvalue weighted by atomic mass is 9.66. The van der Waals surface area contributed by atoms with Crippen molar-refractivity contribution in [2.24, 2.45) is 11.1 Å². The van der Waals surface area contributed by atoms with E-state index in [4.69, 9.17) is 10.5 Å². The van der Waals surface area contributed by atoms with Gasteiger partial charge in [-0.15, -0.1) is 0 Å². The van der Waals surface area contributed by atoms with Crippen LogP contribution in [0.3, 0.4) is 0 Å². The third-order valence-corrected chi connectivity index (χ3v) is 4.96. The van der Waals surface area contributed by atoms with E-state index in [-0.39, 0.29) is 17.4 Å². The normalized spacial score (nSPS) is 24.4. The Kier molecular flexibility index (Phi) is 4.27. The summed E-state index contributed by atoms with van der Waals surface area (Å²) in [7, 11) is 0. The van der Waals surface area contributed by atoms with E-state index >= 15 is 0 Å². The van der Waals surface area contributed by atoms with Crippen molar-refractivity contribution in [3.05, 3.63) is 35.9 Å². The first-order chi connectivity index (χ1) is 10.2. The number of morpholine rings is 1. The van der Waals surface area contributed by atoms with Gasteiger partial charge in [-0.05, 0) is 30.4 Å². The minimum Gasteiger partial charge on any atom is -0.370 e. The Balaban J connectivity index is 1.62. The van der Waals surface area contributed by atoms with E-state index in [0.29, 0.717) is 32.7 Å². The maximum absolute atomic E-state index is 12.6. The molecule has 0 radical (unpaired) electrons. The molecule has 0 bridgehead atoms. The van der Waals surface area contributed by atoms with Crippen LogP contribution in [-0.4, -0.2) is 37.0 Å². The topological polar surface area (TPSA) is 55.6 Å². The minimum absolute atomic E-state index is 0.000818. The number of ether oxygens (including phenoxy) is 1. The van der Waals surface area contributed by atoms with Crippen LogP contribution < -0.4 is 5.73 Å². The van der Waals surface area contributed by atoms with Crippen LogP contribution in [0.25, 0.3) is 0 Å². The largest absolute Gasteiger partial charge is 0.370 e. The van der Waals surface area contributed by atoms with Crippen molar-refractivity contribution in [3.63, 3.8) is 0 Å². The number of hydrogen-bond donors (Lipinski definition) is 1. The molecule has 1 aliphatic carbocycles. The monoisotopic (exact) mass is 288 g/mol. The van der Waals surface area contributed by atoms with Crippen LogP contribution in [0.1, 0.15) is 37.4 Å². The van der Waals surface area contributed by atoms with Gasteiger partial charge in [0.25, 0.3) is 0 Å². The zero-order valence-corrected chi connectivity index (χ0v) is 12.5. The fourth-order valence-electron chi connectivity index (χ4n) is 3.31. The van der Waals surface area contributed by atoms with E-state index in [1.54, 1.807) is 0 Å². The van der Waals surface area contributed by atoms with Crippen molar-refractivity contribution in [3.8, 4) is 0 Å². The predicted molar refractivity (Wildman–Crippen MR) is 81.7 cm³/mol. The summed E-state index contributed by atoms with van der Waals surface area (Å²) in [5, 5.41) is 0. The molecule has 1 aromatic carbocycles. The van der Waals surface area contributed by atoms with Gasteiger partial charge in [0.1, 0.15) is 6.10 Å². The summed E-state index contributed by atoms with van der Waals surface area (Å²) >= 11 is 0. The molecule has 2 N–H and O–H groups in total. The maximum Gasteiger partial charge on any atom is 0.223 e. The lowest BCUT2D eigenvalue weighted by Gasteiger charge is -2.42. The number of amides is 1. The van der Waals surface area contributed by atoms with Crippen LogP contribution in [-0.2, 0) is 9.53 Å². The number of nitrogens with two attached hydrogens (primary N) is 1.